The molecule has 0 fully saturated rings. The number of rotatable bonds is 11. The SMILES string of the molecule is C=CCn1c(SCC(=O)Nc2ccccc2C(C)C)nnc1[C@H](NC(=O)c1ccc(C)cc1)C(C)C. The van der Waals surface area contributed by atoms with Crippen LogP contribution in [0.4, 0.5) is 5.69 Å². The van der Waals surface area contributed by atoms with Crippen LogP contribution in [0.5, 0.6) is 0 Å². The molecular weight excluding hydrogens is 470 g/mol. The number of hydrogen-bond acceptors (Lipinski definition) is 5. The van der Waals surface area contributed by atoms with Gasteiger partial charge in [-0.25, -0.2) is 0 Å². The topological polar surface area (TPSA) is 88.9 Å². The molecule has 0 aliphatic carbocycles. The summed E-state index contributed by atoms with van der Waals surface area (Å²) < 4.78 is 1.91. The summed E-state index contributed by atoms with van der Waals surface area (Å²) in [7, 11) is 0. The Balaban J connectivity index is 1.75. The molecule has 1 aromatic heterocycles. The number of hydrogen-bond donors (Lipinski definition) is 2. The van der Waals surface area contributed by atoms with Crippen molar-refractivity contribution in [2.45, 2.75) is 58.3 Å². The standard InChI is InChI=1S/C28H35N5O2S/c1-7-16-33-26(25(19(4)5)30-27(35)21-14-12-20(6)13-15-21)31-32-28(33)36-17-24(34)29-23-11-9-8-10-22(23)18(2)3/h7-15,18-19,25H,1,16-17H2,2-6H3,(H,29,34)(H,30,35)/t25-/m1/s1. The van der Waals surface area contributed by atoms with Crippen molar-refractivity contribution < 1.29 is 9.59 Å². The summed E-state index contributed by atoms with van der Waals surface area (Å²) in [5, 5.41) is 15.5. The number of benzene rings is 2. The molecule has 3 rings (SSSR count). The molecule has 0 aliphatic rings. The highest BCUT2D eigenvalue weighted by Gasteiger charge is 2.26. The molecule has 0 saturated carbocycles. The highest BCUT2D eigenvalue weighted by molar-refractivity contribution is 7.99. The lowest BCUT2D eigenvalue weighted by Gasteiger charge is -2.22. The van der Waals surface area contributed by atoms with Crippen LogP contribution in [0.1, 0.15) is 67.0 Å². The molecule has 2 N–H and O–H groups in total. The van der Waals surface area contributed by atoms with Gasteiger partial charge in [-0.3, -0.25) is 9.59 Å². The first kappa shape index (κ1) is 27.2. The fraction of sp³-hybridized carbons (Fsp3) is 0.357. The van der Waals surface area contributed by atoms with Crippen LogP contribution in [-0.2, 0) is 11.3 Å². The molecule has 0 spiro atoms. The molecular formula is C28H35N5O2S. The molecule has 36 heavy (non-hydrogen) atoms. The van der Waals surface area contributed by atoms with Crippen LogP contribution in [0.25, 0.3) is 0 Å². The highest BCUT2D eigenvalue weighted by Crippen LogP contribution is 2.27. The second-order valence-corrected chi connectivity index (χ2v) is 10.3. The minimum absolute atomic E-state index is 0.0702. The Labute approximate surface area is 217 Å². The average Bonchev–Trinajstić information content (AvgIpc) is 3.23. The maximum absolute atomic E-state index is 12.9. The number of allylic oxidation sites excluding steroid dienone is 1. The van der Waals surface area contributed by atoms with Crippen molar-refractivity contribution in [2.24, 2.45) is 5.92 Å². The summed E-state index contributed by atoms with van der Waals surface area (Å²) >= 11 is 1.31. The van der Waals surface area contributed by atoms with E-state index in [1.54, 1.807) is 6.08 Å². The van der Waals surface area contributed by atoms with Gasteiger partial charge >= 0.3 is 0 Å². The number of aromatic nitrogens is 3. The van der Waals surface area contributed by atoms with Crippen LogP contribution < -0.4 is 10.6 Å². The van der Waals surface area contributed by atoms with Gasteiger partial charge in [-0.2, -0.15) is 0 Å². The fourth-order valence-electron chi connectivity index (χ4n) is 3.83. The van der Waals surface area contributed by atoms with Crippen LogP contribution in [0.15, 0.2) is 66.3 Å². The van der Waals surface area contributed by atoms with Gasteiger partial charge in [0.2, 0.25) is 5.91 Å². The molecule has 3 aromatic rings. The summed E-state index contributed by atoms with van der Waals surface area (Å²) in [4.78, 5) is 25.7. The van der Waals surface area contributed by atoms with E-state index in [4.69, 9.17) is 0 Å². The molecule has 8 heteroatoms. The number of thioether (sulfide) groups is 1. The van der Waals surface area contributed by atoms with E-state index in [-0.39, 0.29) is 29.5 Å². The van der Waals surface area contributed by atoms with E-state index in [0.717, 1.165) is 16.8 Å². The third-order valence-electron chi connectivity index (χ3n) is 5.79. The Hall–Kier alpha value is -3.39. The van der Waals surface area contributed by atoms with Gasteiger partial charge in [-0.1, -0.05) is 81.4 Å². The predicted octanol–water partition coefficient (Wildman–Crippen LogP) is 5.75. The van der Waals surface area contributed by atoms with Crippen molar-refractivity contribution in [3.05, 3.63) is 83.7 Å². The van der Waals surface area contributed by atoms with E-state index in [1.165, 1.54) is 11.8 Å². The van der Waals surface area contributed by atoms with Crippen molar-refractivity contribution in [1.29, 1.82) is 0 Å². The summed E-state index contributed by atoms with van der Waals surface area (Å²) in [5.74, 6) is 0.911. The predicted molar refractivity (Wildman–Crippen MR) is 146 cm³/mol. The molecule has 0 saturated heterocycles. The average molecular weight is 506 g/mol. The quantitative estimate of drug-likeness (QED) is 0.256. The maximum Gasteiger partial charge on any atom is 0.251 e. The van der Waals surface area contributed by atoms with E-state index >= 15 is 0 Å². The first-order valence-corrected chi connectivity index (χ1v) is 13.1. The molecule has 0 unspecified atom stereocenters. The van der Waals surface area contributed by atoms with E-state index in [9.17, 15) is 9.59 Å². The van der Waals surface area contributed by atoms with Crippen molar-refractivity contribution in [2.75, 3.05) is 11.1 Å². The Morgan fingerprint density at radius 2 is 1.75 bits per heavy atom. The summed E-state index contributed by atoms with van der Waals surface area (Å²) in [6, 6.07) is 14.9. The fourth-order valence-corrected chi connectivity index (χ4v) is 4.58. The lowest BCUT2D eigenvalue weighted by atomic mass is 10.0. The number of nitrogens with zero attached hydrogens (tertiary/aromatic N) is 3. The molecule has 1 heterocycles. The maximum atomic E-state index is 12.9. The smallest absolute Gasteiger partial charge is 0.251 e. The van der Waals surface area contributed by atoms with Crippen LogP contribution in [-0.4, -0.2) is 32.3 Å². The van der Waals surface area contributed by atoms with Gasteiger partial charge in [-0.05, 0) is 42.5 Å². The third kappa shape index (κ3) is 6.85. The molecule has 0 bridgehead atoms. The number of aryl methyl sites for hydroxylation is 1. The minimum Gasteiger partial charge on any atom is -0.342 e. The molecule has 2 aromatic carbocycles. The number of amides is 2. The Kier molecular flexibility index (Phi) is 9.47. The van der Waals surface area contributed by atoms with E-state index in [2.05, 4.69) is 41.3 Å². The second-order valence-electron chi connectivity index (χ2n) is 9.38. The number of anilines is 1. The van der Waals surface area contributed by atoms with Gasteiger partial charge < -0.3 is 15.2 Å². The lowest BCUT2D eigenvalue weighted by Crippen LogP contribution is -2.33. The number of carbonyl (C=O) groups is 2. The second kappa shape index (κ2) is 12.5. The molecule has 7 nitrogen and oxygen atoms in total. The Morgan fingerprint density at radius 3 is 2.39 bits per heavy atom. The first-order chi connectivity index (χ1) is 17.2. The van der Waals surface area contributed by atoms with Crippen LogP contribution in [0, 0.1) is 12.8 Å². The molecule has 2 amide bonds. The third-order valence-corrected chi connectivity index (χ3v) is 6.76. The summed E-state index contributed by atoms with van der Waals surface area (Å²) in [5.41, 5.74) is 3.60. The normalized spacial score (nSPS) is 12.0. The van der Waals surface area contributed by atoms with Crippen molar-refractivity contribution in [3.63, 3.8) is 0 Å². The Bertz CT molecular complexity index is 1200. The monoisotopic (exact) mass is 505 g/mol. The van der Waals surface area contributed by atoms with E-state index < -0.39 is 0 Å². The lowest BCUT2D eigenvalue weighted by molar-refractivity contribution is -0.113. The van der Waals surface area contributed by atoms with Crippen LogP contribution in [0.2, 0.25) is 0 Å². The van der Waals surface area contributed by atoms with Crippen molar-refractivity contribution in [3.8, 4) is 0 Å². The van der Waals surface area contributed by atoms with Crippen molar-refractivity contribution >= 4 is 29.3 Å². The molecule has 0 aliphatic heterocycles. The minimum atomic E-state index is -0.354. The van der Waals surface area contributed by atoms with Crippen molar-refractivity contribution in [1.82, 2.24) is 20.1 Å². The van der Waals surface area contributed by atoms with Crippen LogP contribution in [0.3, 0.4) is 0 Å². The van der Waals surface area contributed by atoms with Gasteiger partial charge in [0.15, 0.2) is 11.0 Å². The molecule has 190 valence electrons. The zero-order valence-corrected chi connectivity index (χ0v) is 22.4. The summed E-state index contributed by atoms with van der Waals surface area (Å²) in [6.45, 7) is 14.6. The van der Waals surface area contributed by atoms with Gasteiger partial charge in [0.1, 0.15) is 0 Å². The molecule has 0 radical (unpaired) electrons. The van der Waals surface area contributed by atoms with Gasteiger partial charge in [0.25, 0.3) is 5.91 Å². The van der Waals surface area contributed by atoms with Gasteiger partial charge in [0, 0.05) is 17.8 Å². The van der Waals surface area contributed by atoms with E-state index in [1.807, 2.05) is 73.9 Å². The highest BCUT2D eigenvalue weighted by atomic mass is 32.2. The first-order valence-electron chi connectivity index (χ1n) is 12.1. The van der Waals surface area contributed by atoms with Gasteiger partial charge in [0.05, 0.1) is 11.8 Å². The van der Waals surface area contributed by atoms with E-state index in [0.29, 0.717) is 29.0 Å². The largest absolute Gasteiger partial charge is 0.342 e. The zero-order chi connectivity index (χ0) is 26.2. The Morgan fingerprint density at radius 1 is 1.06 bits per heavy atom. The van der Waals surface area contributed by atoms with Gasteiger partial charge in [-0.15, -0.1) is 16.8 Å². The summed E-state index contributed by atoms with van der Waals surface area (Å²) in [6.07, 6.45) is 1.76. The number of carbonyl (C=O) groups excluding carboxylic acids is 2. The zero-order valence-electron chi connectivity index (χ0n) is 21.6. The number of nitrogens with one attached hydrogen (secondary N) is 2. The number of para-hydroxylation sites is 1. The van der Waals surface area contributed by atoms with Crippen LogP contribution >= 0.6 is 11.8 Å². The molecule has 1 atom stereocenters.